The van der Waals surface area contributed by atoms with Crippen LogP contribution in [0.3, 0.4) is 0 Å². The molecule has 0 aliphatic carbocycles. The van der Waals surface area contributed by atoms with Gasteiger partial charge in [0.1, 0.15) is 42.4 Å². The second-order valence-electron chi connectivity index (χ2n) is 12.7. The molecular formula is C29H48N10O16. The molecule has 1 fully saturated rings. The Morgan fingerprint density at radius 3 is 1.73 bits per heavy atom. The lowest BCUT2D eigenvalue weighted by atomic mass is 9.99. The van der Waals surface area contributed by atoms with Crippen molar-refractivity contribution >= 4 is 59.1 Å². The zero-order valence-corrected chi connectivity index (χ0v) is 30.0. The number of β-amino-alcohol motifs (C(OH)–C–C–N with tert-alkyl or cyclic N) is 1. The predicted octanol–water partition coefficient (Wildman–Crippen LogP) is -10.8. The Balaban J connectivity index is 3.79. The number of carboxylic acids is 1. The molecule has 1 rings (SSSR count). The molecule has 0 bridgehead atoms. The number of nitrogens with one attached hydrogen (secondary N) is 8. The van der Waals surface area contributed by atoms with Gasteiger partial charge in [0.15, 0.2) is 6.10 Å². The van der Waals surface area contributed by atoms with Gasteiger partial charge in [-0.15, -0.1) is 0 Å². The molecule has 26 nitrogen and oxygen atoms in total. The number of carbonyl (C=O) groups excluding carboxylic acids is 9. The van der Waals surface area contributed by atoms with Gasteiger partial charge in [0.25, 0.3) is 11.8 Å². The third kappa shape index (κ3) is 14.0. The SMILES string of the molecule is CC(N)C(=O)NC[C@@H]1NC(=O)C(C(=O)O)NC(=O)[C@@H](O)CNC(=O)[C@H]([C@@H](C)O)NC(=O)C(C(O)C(O)C(N)=O)NC(=O)[C@H](C(C)C)NC(=O)[C@H](CO)NC1=O. The van der Waals surface area contributed by atoms with Crippen LogP contribution in [0.5, 0.6) is 0 Å². The maximum atomic E-state index is 13.5. The van der Waals surface area contributed by atoms with Crippen molar-refractivity contribution in [3.63, 3.8) is 0 Å². The van der Waals surface area contributed by atoms with E-state index in [4.69, 9.17) is 11.5 Å². The zero-order valence-electron chi connectivity index (χ0n) is 30.0. The lowest BCUT2D eigenvalue weighted by Gasteiger charge is -2.31. The first-order valence-electron chi connectivity index (χ1n) is 16.4. The van der Waals surface area contributed by atoms with E-state index in [2.05, 4.69) is 10.6 Å². The van der Waals surface area contributed by atoms with Crippen molar-refractivity contribution < 1.29 is 78.6 Å². The second kappa shape index (κ2) is 21.4. The Kier molecular flexibility index (Phi) is 18.5. The summed E-state index contributed by atoms with van der Waals surface area (Å²) in [6, 6.07) is -13.6. The van der Waals surface area contributed by atoms with Crippen LogP contribution in [0.15, 0.2) is 0 Å². The Labute approximate surface area is 311 Å². The van der Waals surface area contributed by atoms with Crippen LogP contribution >= 0.6 is 0 Å². The summed E-state index contributed by atoms with van der Waals surface area (Å²) in [6.45, 7) is 1.94. The summed E-state index contributed by atoms with van der Waals surface area (Å²) in [5, 5.41) is 77.0. The Bertz CT molecular complexity index is 1480. The van der Waals surface area contributed by atoms with E-state index in [1.54, 1.807) is 5.32 Å². The van der Waals surface area contributed by atoms with Gasteiger partial charge in [-0.2, -0.15) is 0 Å². The summed E-state index contributed by atoms with van der Waals surface area (Å²) in [5.41, 5.74) is 10.5. The number of aliphatic hydroxyl groups is 5. The van der Waals surface area contributed by atoms with E-state index >= 15 is 0 Å². The van der Waals surface area contributed by atoms with Crippen molar-refractivity contribution in [1.82, 2.24) is 42.5 Å². The van der Waals surface area contributed by atoms with Gasteiger partial charge in [0, 0.05) is 6.54 Å². The first-order chi connectivity index (χ1) is 25.4. The largest absolute Gasteiger partial charge is 0.479 e. The van der Waals surface area contributed by atoms with E-state index in [-0.39, 0.29) is 0 Å². The van der Waals surface area contributed by atoms with E-state index in [9.17, 15) is 78.6 Å². The molecule has 18 N–H and O–H groups in total. The van der Waals surface area contributed by atoms with Gasteiger partial charge in [-0.05, 0) is 19.8 Å². The van der Waals surface area contributed by atoms with Crippen molar-refractivity contribution in [3.05, 3.63) is 0 Å². The van der Waals surface area contributed by atoms with E-state index < -0.39 is 151 Å². The first-order valence-corrected chi connectivity index (χ1v) is 16.4. The second-order valence-corrected chi connectivity index (χ2v) is 12.7. The van der Waals surface area contributed by atoms with Crippen LogP contribution in [0.2, 0.25) is 0 Å². The quantitative estimate of drug-likeness (QED) is 0.0913. The summed E-state index contributed by atoms with van der Waals surface area (Å²) in [5.74, 6) is -15.3. The van der Waals surface area contributed by atoms with Crippen LogP contribution in [0.25, 0.3) is 0 Å². The number of carboxylic acid groups (broad SMARTS) is 1. The molecule has 9 amide bonds. The molecule has 0 radical (unpaired) electrons. The monoisotopic (exact) mass is 792 g/mol. The van der Waals surface area contributed by atoms with E-state index in [0.29, 0.717) is 0 Å². The fraction of sp³-hybridized carbons (Fsp3) is 0.655. The van der Waals surface area contributed by atoms with Crippen LogP contribution in [0.4, 0.5) is 0 Å². The van der Waals surface area contributed by atoms with Crippen LogP contribution in [-0.2, 0) is 47.9 Å². The zero-order chi connectivity index (χ0) is 42.5. The smallest absolute Gasteiger partial charge is 0.336 e. The van der Waals surface area contributed by atoms with Crippen LogP contribution in [0.1, 0.15) is 27.7 Å². The number of aliphatic hydroxyl groups excluding tert-OH is 5. The van der Waals surface area contributed by atoms with Crippen molar-refractivity contribution in [3.8, 4) is 0 Å². The van der Waals surface area contributed by atoms with Gasteiger partial charge in [-0.3, -0.25) is 43.2 Å². The summed E-state index contributed by atoms with van der Waals surface area (Å²) < 4.78 is 0. The van der Waals surface area contributed by atoms with E-state index in [1.165, 1.54) is 20.8 Å². The Morgan fingerprint density at radius 1 is 0.727 bits per heavy atom. The molecule has 5 unspecified atom stereocenters. The lowest BCUT2D eigenvalue weighted by molar-refractivity contribution is -0.148. The molecule has 1 heterocycles. The predicted molar refractivity (Wildman–Crippen MR) is 180 cm³/mol. The molecule has 0 saturated carbocycles. The summed E-state index contributed by atoms with van der Waals surface area (Å²) in [7, 11) is 0. The number of nitrogens with two attached hydrogens (primary N) is 2. The number of hydrogen-bond donors (Lipinski definition) is 16. The number of amides is 9. The standard InChI is InChI=1S/C29H48N10O16/c1-8(2)14-26(51)38-16(18(43)19(44)20(31)45)27(52)37-15(10(4)41)25(50)33-6-13(42)24(49)39-17(29(54)55)28(53)34-11(5-32-21(46)9(3)30)22(47)35-12(7-40)23(48)36-14/h8-19,40-44H,5-7,30H2,1-4H3,(H2,31,45)(H,32,46)(H,33,50)(H,34,53)(H,35,47)(H,36,48)(H,37,52)(H,38,51)(H,39,49)(H,54,55)/t9?,10-,11+,12+,13+,14+,15+,16?,17?,18?,19?/m1/s1. The lowest BCUT2D eigenvalue weighted by Crippen LogP contribution is -2.66. The first kappa shape index (κ1) is 47.5. The number of aliphatic carboxylic acids is 1. The van der Waals surface area contributed by atoms with Crippen molar-refractivity contribution in [2.24, 2.45) is 17.4 Å². The number of primary amides is 1. The van der Waals surface area contributed by atoms with Gasteiger partial charge >= 0.3 is 5.97 Å². The summed E-state index contributed by atoms with van der Waals surface area (Å²) >= 11 is 0. The van der Waals surface area contributed by atoms with Crippen LogP contribution in [-0.4, -0.2) is 176 Å². The van der Waals surface area contributed by atoms with E-state index in [0.717, 1.165) is 6.92 Å². The molecule has 26 heteroatoms. The maximum absolute atomic E-state index is 13.5. The molecule has 310 valence electrons. The van der Waals surface area contributed by atoms with Gasteiger partial charge in [-0.25, -0.2) is 4.79 Å². The average molecular weight is 793 g/mol. The van der Waals surface area contributed by atoms with Crippen molar-refractivity contribution in [2.75, 3.05) is 19.7 Å². The van der Waals surface area contributed by atoms with Crippen molar-refractivity contribution in [1.29, 1.82) is 0 Å². The van der Waals surface area contributed by atoms with Crippen LogP contribution < -0.4 is 54.0 Å². The molecule has 0 aromatic rings. The minimum Gasteiger partial charge on any atom is -0.479 e. The fourth-order valence-electron chi connectivity index (χ4n) is 4.51. The molecule has 55 heavy (non-hydrogen) atoms. The third-order valence-electron chi connectivity index (χ3n) is 7.76. The molecule has 0 aromatic carbocycles. The van der Waals surface area contributed by atoms with Crippen LogP contribution in [0, 0.1) is 5.92 Å². The average Bonchev–Trinajstić information content (AvgIpc) is 3.10. The highest BCUT2D eigenvalue weighted by molar-refractivity contribution is 6.06. The Hall–Kier alpha value is -5.54. The number of carbonyl (C=O) groups is 10. The number of rotatable bonds is 10. The van der Waals surface area contributed by atoms with Gasteiger partial charge < -0.3 is 84.6 Å². The maximum Gasteiger partial charge on any atom is 0.336 e. The highest BCUT2D eigenvalue weighted by Crippen LogP contribution is 2.08. The summed E-state index contributed by atoms with van der Waals surface area (Å²) in [4.78, 5) is 128. The fourth-order valence-corrected chi connectivity index (χ4v) is 4.51. The topological polar surface area (TPSA) is 440 Å². The molecule has 1 aliphatic rings. The third-order valence-corrected chi connectivity index (χ3v) is 7.76. The Morgan fingerprint density at radius 2 is 1.24 bits per heavy atom. The molecule has 0 aromatic heterocycles. The van der Waals surface area contributed by atoms with Crippen molar-refractivity contribution in [2.45, 2.75) is 94.4 Å². The molecule has 1 saturated heterocycles. The minimum atomic E-state index is -2.54. The molecule has 11 atom stereocenters. The summed E-state index contributed by atoms with van der Waals surface area (Å²) in [6.07, 6.45) is -9.17. The highest BCUT2D eigenvalue weighted by Gasteiger charge is 2.41. The molecule has 1 aliphatic heterocycles. The minimum absolute atomic E-state index is 0.808. The van der Waals surface area contributed by atoms with Gasteiger partial charge in [-0.1, -0.05) is 13.8 Å². The van der Waals surface area contributed by atoms with E-state index in [1.807, 2.05) is 26.6 Å². The van der Waals surface area contributed by atoms with Gasteiger partial charge in [0.2, 0.25) is 47.4 Å². The number of hydrogen-bond acceptors (Lipinski definition) is 16. The molecule has 0 spiro atoms. The normalized spacial score (nSPS) is 27.8. The molecular weight excluding hydrogens is 744 g/mol. The van der Waals surface area contributed by atoms with Gasteiger partial charge in [0.05, 0.1) is 25.3 Å². The highest BCUT2D eigenvalue weighted by atomic mass is 16.4.